The Kier molecular flexibility index (Phi) is 6.37. The van der Waals surface area contributed by atoms with Crippen molar-refractivity contribution >= 4 is 29.7 Å². The van der Waals surface area contributed by atoms with Crippen molar-refractivity contribution in [3.8, 4) is 5.75 Å². The van der Waals surface area contributed by atoms with Crippen LogP contribution in [-0.4, -0.2) is 25.4 Å². The summed E-state index contributed by atoms with van der Waals surface area (Å²) in [6, 6.07) is 3.87. The van der Waals surface area contributed by atoms with Crippen molar-refractivity contribution in [3.63, 3.8) is 0 Å². The van der Waals surface area contributed by atoms with Gasteiger partial charge in [0.2, 0.25) is 0 Å². The Labute approximate surface area is 137 Å². The van der Waals surface area contributed by atoms with Crippen LogP contribution in [0.2, 0.25) is 5.02 Å². The Morgan fingerprint density at radius 3 is 2.59 bits per heavy atom. The van der Waals surface area contributed by atoms with Gasteiger partial charge in [-0.25, -0.2) is 5.43 Å². The minimum absolute atomic E-state index is 0. The number of halogens is 5. The molecule has 1 aliphatic heterocycles. The monoisotopic (exact) mass is 357 g/mol. The van der Waals surface area contributed by atoms with Crippen molar-refractivity contribution < 1.29 is 17.9 Å². The second-order valence-electron chi connectivity index (χ2n) is 4.43. The van der Waals surface area contributed by atoms with Crippen molar-refractivity contribution in [2.75, 3.05) is 18.2 Å². The predicted molar refractivity (Wildman–Crippen MR) is 82.5 cm³/mol. The molecule has 0 radical (unpaired) electrons. The Morgan fingerprint density at radius 1 is 1.36 bits per heavy atom. The second kappa shape index (κ2) is 7.41. The van der Waals surface area contributed by atoms with Crippen molar-refractivity contribution in [3.05, 3.63) is 35.0 Å². The smallest absolute Gasteiger partial charge is 0.432 e. The fourth-order valence-corrected chi connectivity index (χ4v) is 2.24. The Balaban J connectivity index is 0.00000242. The molecule has 1 aromatic carbocycles. The van der Waals surface area contributed by atoms with Gasteiger partial charge in [0.05, 0.1) is 18.3 Å². The zero-order chi connectivity index (χ0) is 15.6. The molecule has 2 rings (SSSR count). The van der Waals surface area contributed by atoms with Gasteiger partial charge in [0.25, 0.3) is 0 Å². The summed E-state index contributed by atoms with van der Waals surface area (Å²) in [6.45, 7) is 2.22. The fourth-order valence-electron chi connectivity index (χ4n) is 2.02. The number of alkyl halides is 3. The number of hydrazine groups is 1. The van der Waals surface area contributed by atoms with E-state index in [-0.39, 0.29) is 29.7 Å². The molecule has 0 saturated carbocycles. The van der Waals surface area contributed by atoms with E-state index in [4.69, 9.17) is 22.1 Å². The molecule has 0 spiro atoms. The molecule has 0 amide bonds. The number of hydrogen-bond donors (Lipinski definition) is 2. The zero-order valence-corrected chi connectivity index (χ0v) is 13.2. The molecule has 22 heavy (non-hydrogen) atoms. The highest BCUT2D eigenvalue weighted by Crippen LogP contribution is 2.36. The summed E-state index contributed by atoms with van der Waals surface area (Å²) in [5, 5.41) is 1.22. The quantitative estimate of drug-likeness (QED) is 0.868. The summed E-state index contributed by atoms with van der Waals surface area (Å²) in [5.41, 5.74) is 7.55. The Morgan fingerprint density at radius 2 is 2.05 bits per heavy atom. The molecule has 3 N–H and O–H groups in total. The van der Waals surface area contributed by atoms with Gasteiger partial charge in [-0.15, -0.1) is 12.4 Å². The van der Waals surface area contributed by atoms with Crippen LogP contribution in [0.5, 0.6) is 5.75 Å². The van der Waals surface area contributed by atoms with Crippen LogP contribution in [0.15, 0.2) is 30.0 Å². The van der Waals surface area contributed by atoms with E-state index in [0.29, 0.717) is 12.4 Å². The minimum Gasteiger partial charge on any atom is -0.494 e. The van der Waals surface area contributed by atoms with Crippen LogP contribution in [0.1, 0.15) is 6.92 Å². The normalized spacial score (nSPS) is 18.0. The topological polar surface area (TPSA) is 50.5 Å². The second-order valence-corrected chi connectivity index (χ2v) is 4.87. The molecule has 0 bridgehead atoms. The molecular weight excluding hydrogens is 342 g/mol. The number of nitrogens with one attached hydrogen (secondary N) is 1. The largest absolute Gasteiger partial charge is 0.494 e. The van der Waals surface area contributed by atoms with Gasteiger partial charge in [0.1, 0.15) is 11.4 Å². The molecular formula is C13H16Cl2F3N3O. The van der Waals surface area contributed by atoms with Crippen LogP contribution < -0.4 is 20.9 Å². The van der Waals surface area contributed by atoms with Gasteiger partial charge in [0, 0.05) is 17.6 Å². The van der Waals surface area contributed by atoms with E-state index in [1.54, 1.807) is 13.0 Å². The lowest BCUT2D eigenvalue weighted by atomic mass is 10.2. The summed E-state index contributed by atoms with van der Waals surface area (Å²) < 4.78 is 44.6. The van der Waals surface area contributed by atoms with Crippen LogP contribution in [0.3, 0.4) is 0 Å². The van der Waals surface area contributed by atoms with E-state index in [2.05, 4.69) is 5.43 Å². The Bertz CT molecular complexity index is 552. The highest BCUT2D eigenvalue weighted by atomic mass is 35.5. The lowest BCUT2D eigenvalue weighted by Gasteiger charge is -2.25. The first-order chi connectivity index (χ1) is 9.85. The molecule has 0 fully saturated rings. The summed E-state index contributed by atoms with van der Waals surface area (Å²) in [5.74, 6) is 0.402. The molecule has 124 valence electrons. The predicted octanol–water partition coefficient (Wildman–Crippen LogP) is 3.26. The highest BCUT2D eigenvalue weighted by Gasteiger charge is 2.42. The molecule has 0 saturated heterocycles. The molecule has 0 aliphatic carbocycles. The first-order valence-corrected chi connectivity index (χ1v) is 6.71. The standard InChI is InChI=1S/C13H15ClF3N3O.ClH/c1-2-21-11-4-8(14)3-10(6-11)20-12(13(15,16)17)5-9(7-18)19-20;/h3-6,9,19H,2,7,18H2,1H3;1H. The van der Waals surface area contributed by atoms with Crippen LogP contribution in [0.4, 0.5) is 18.9 Å². The van der Waals surface area contributed by atoms with Crippen molar-refractivity contribution in [2.45, 2.75) is 19.1 Å². The van der Waals surface area contributed by atoms with Gasteiger partial charge in [0.15, 0.2) is 0 Å². The number of ether oxygens (including phenoxy) is 1. The lowest BCUT2D eigenvalue weighted by Crippen LogP contribution is -2.42. The SMILES string of the molecule is CCOc1cc(Cl)cc(N2NC(CN)C=C2C(F)(F)F)c1.Cl. The maximum absolute atomic E-state index is 13.1. The number of rotatable bonds is 4. The third kappa shape index (κ3) is 4.19. The maximum Gasteiger partial charge on any atom is 0.432 e. The molecule has 4 nitrogen and oxygen atoms in total. The average Bonchev–Trinajstić information content (AvgIpc) is 2.82. The third-order valence-electron chi connectivity index (χ3n) is 2.86. The first kappa shape index (κ1) is 18.9. The van der Waals surface area contributed by atoms with E-state index in [1.807, 2.05) is 0 Å². The number of anilines is 1. The average molecular weight is 358 g/mol. The number of benzene rings is 1. The molecule has 1 aliphatic rings. The van der Waals surface area contributed by atoms with Gasteiger partial charge in [-0.3, -0.25) is 5.01 Å². The third-order valence-corrected chi connectivity index (χ3v) is 3.08. The van der Waals surface area contributed by atoms with Gasteiger partial charge < -0.3 is 10.5 Å². The van der Waals surface area contributed by atoms with Gasteiger partial charge in [-0.2, -0.15) is 13.2 Å². The summed E-state index contributed by atoms with van der Waals surface area (Å²) >= 11 is 5.94. The fraction of sp³-hybridized carbons (Fsp3) is 0.385. The van der Waals surface area contributed by atoms with E-state index in [9.17, 15) is 13.2 Å². The number of hydrogen-bond acceptors (Lipinski definition) is 4. The van der Waals surface area contributed by atoms with Crippen LogP contribution >= 0.6 is 24.0 Å². The molecule has 1 unspecified atom stereocenters. The first-order valence-electron chi connectivity index (χ1n) is 6.34. The number of nitrogens with zero attached hydrogens (tertiary/aromatic N) is 1. The number of nitrogens with two attached hydrogens (primary N) is 1. The molecule has 1 heterocycles. The zero-order valence-electron chi connectivity index (χ0n) is 11.7. The lowest BCUT2D eigenvalue weighted by molar-refractivity contribution is -0.0931. The molecule has 9 heteroatoms. The van der Waals surface area contributed by atoms with Gasteiger partial charge in [-0.1, -0.05) is 11.6 Å². The van der Waals surface area contributed by atoms with E-state index < -0.39 is 17.9 Å². The summed E-state index contributed by atoms with van der Waals surface area (Å²) in [4.78, 5) is 0. The van der Waals surface area contributed by atoms with Crippen molar-refractivity contribution in [2.24, 2.45) is 5.73 Å². The van der Waals surface area contributed by atoms with Crippen molar-refractivity contribution in [1.82, 2.24) is 5.43 Å². The van der Waals surface area contributed by atoms with E-state index in [0.717, 1.165) is 11.1 Å². The molecule has 0 aromatic heterocycles. The van der Waals surface area contributed by atoms with Gasteiger partial charge >= 0.3 is 6.18 Å². The summed E-state index contributed by atoms with van der Waals surface area (Å²) in [7, 11) is 0. The van der Waals surface area contributed by atoms with Crippen molar-refractivity contribution in [1.29, 1.82) is 0 Å². The van der Waals surface area contributed by atoms with Crippen LogP contribution in [-0.2, 0) is 0 Å². The summed E-state index contributed by atoms with van der Waals surface area (Å²) in [6.07, 6.45) is -3.44. The van der Waals surface area contributed by atoms with E-state index in [1.165, 1.54) is 12.1 Å². The number of allylic oxidation sites excluding steroid dienone is 1. The van der Waals surface area contributed by atoms with E-state index >= 15 is 0 Å². The minimum atomic E-state index is -4.50. The molecule has 1 aromatic rings. The molecule has 1 atom stereocenters. The maximum atomic E-state index is 13.1. The van der Waals surface area contributed by atoms with Crippen LogP contribution in [0.25, 0.3) is 0 Å². The Hall–Kier alpha value is -1.15. The van der Waals surface area contributed by atoms with Gasteiger partial charge in [-0.05, 0) is 25.1 Å². The van der Waals surface area contributed by atoms with Crippen LogP contribution in [0, 0.1) is 0 Å². The highest BCUT2D eigenvalue weighted by molar-refractivity contribution is 6.31.